The van der Waals surface area contributed by atoms with Crippen LogP contribution in [0.5, 0.6) is 5.75 Å². The van der Waals surface area contributed by atoms with Crippen LogP contribution in [-0.2, 0) is 16.6 Å². The fraction of sp³-hybridized carbons (Fsp3) is 0.0952. The number of halogens is 1. The molecule has 9 heteroatoms. The van der Waals surface area contributed by atoms with E-state index in [4.69, 9.17) is 16.3 Å². The highest BCUT2D eigenvalue weighted by Crippen LogP contribution is 2.30. The number of hydrogen-bond acceptors (Lipinski definition) is 5. The lowest BCUT2D eigenvalue weighted by Gasteiger charge is -2.12. The summed E-state index contributed by atoms with van der Waals surface area (Å²) in [4.78, 5) is 12.4. The van der Waals surface area contributed by atoms with Crippen molar-refractivity contribution in [3.63, 3.8) is 0 Å². The number of aromatic nitrogens is 1. The number of methoxy groups -OCH3 is 1. The van der Waals surface area contributed by atoms with Gasteiger partial charge in [-0.2, -0.15) is 0 Å². The predicted octanol–water partition coefficient (Wildman–Crippen LogP) is 4.57. The minimum Gasteiger partial charge on any atom is -0.495 e. The van der Waals surface area contributed by atoms with Crippen molar-refractivity contribution in [3.05, 3.63) is 87.0 Å². The van der Waals surface area contributed by atoms with Crippen LogP contribution >= 0.6 is 22.9 Å². The van der Waals surface area contributed by atoms with Crippen molar-refractivity contribution < 1.29 is 13.2 Å². The van der Waals surface area contributed by atoms with Crippen LogP contribution in [0.1, 0.15) is 5.56 Å². The summed E-state index contributed by atoms with van der Waals surface area (Å²) in [5, 5.41) is 0.375. The van der Waals surface area contributed by atoms with Crippen LogP contribution in [0.15, 0.2) is 76.4 Å². The van der Waals surface area contributed by atoms with Gasteiger partial charge in [-0.25, -0.2) is 8.42 Å². The van der Waals surface area contributed by atoms with Gasteiger partial charge in [0.1, 0.15) is 5.75 Å². The Labute approximate surface area is 182 Å². The minimum atomic E-state index is -3.91. The molecule has 1 heterocycles. The van der Waals surface area contributed by atoms with E-state index in [0.29, 0.717) is 27.5 Å². The second-order valence-corrected chi connectivity index (χ2v) is 9.63. The third-order valence-corrected chi connectivity index (χ3v) is 7.08. The van der Waals surface area contributed by atoms with Gasteiger partial charge < -0.3 is 4.74 Å². The highest BCUT2D eigenvalue weighted by atomic mass is 35.5. The van der Waals surface area contributed by atoms with E-state index >= 15 is 0 Å². The summed E-state index contributed by atoms with van der Waals surface area (Å²) in [6, 6.07) is 18.9. The van der Waals surface area contributed by atoms with Crippen LogP contribution in [0, 0.1) is 0 Å². The first-order chi connectivity index (χ1) is 14.4. The number of anilines is 1. The van der Waals surface area contributed by atoms with E-state index in [1.807, 2.05) is 30.3 Å². The molecule has 4 aromatic rings. The van der Waals surface area contributed by atoms with Gasteiger partial charge in [-0.3, -0.25) is 14.1 Å². The molecule has 0 aliphatic heterocycles. The van der Waals surface area contributed by atoms with E-state index in [0.717, 1.165) is 16.9 Å². The third kappa shape index (κ3) is 4.07. The molecule has 0 fully saturated rings. The summed E-state index contributed by atoms with van der Waals surface area (Å²) >= 11 is 7.00. The number of sulfonamides is 1. The van der Waals surface area contributed by atoms with Gasteiger partial charge in [0, 0.05) is 5.02 Å². The first kappa shape index (κ1) is 20.5. The smallest absolute Gasteiger partial charge is 0.308 e. The zero-order valence-corrected chi connectivity index (χ0v) is 18.2. The highest BCUT2D eigenvalue weighted by Gasteiger charge is 2.19. The number of benzene rings is 3. The molecule has 0 radical (unpaired) electrons. The lowest BCUT2D eigenvalue weighted by atomic mass is 10.2. The van der Waals surface area contributed by atoms with Gasteiger partial charge >= 0.3 is 4.87 Å². The number of ether oxygens (including phenoxy) is 1. The number of rotatable bonds is 6. The van der Waals surface area contributed by atoms with Crippen molar-refractivity contribution in [2.24, 2.45) is 0 Å². The standard InChI is InChI=1S/C21H17ClN2O4S2/c1-28-19-10-7-15(22)11-17(19)23-30(26,27)16-8-9-18-20(12-16)29-21(25)24(18)13-14-5-3-2-4-6-14/h2-12,23H,13H2,1H3. The molecule has 1 aromatic heterocycles. The fourth-order valence-electron chi connectivity index (χ4n) is 3.09. The van der Waals surface area contributed by atoms with E-state index in [1.165, 1.54) is 25.3 Å². The van der Waals surface area contributed by atoms with Crippen LogP contribution < -0.4 is 14.3 Å². The Bertz CT molecular complexity index is 1380. The summed E-state index contributed by atoms with van der Waals surface area (Å²) < 4.78 is 35.8. The van der Waals surface area contributed by atoms with Crippen molar-refractivity contribution in [3.8, 4) is 5.75 Å². The number of fused-ring (bicyclic) bond motifs is 1. The van der Waals surface area contributed by atoms with Crippen LogP contribution in [0.3, 0.4) is 0 Å². The minimum absolute atomic E-state index is 0.0464. The largest absolute Gasteiger partial charge is 0.495 e. The number of nitrogens with one attached hydrogen (secondary N) is 1. The molecule has 0 bridgehead atoms. The average molecular weight is 461 g/mol. The van der Waals surface area contributed by atoms with Gasteiger partial charge in [0.25, 0.3) is 10.0 Å². The molecule has 6 nitrogen and oxygen atoms in total. The van der Waals surface area contributed by atoms with Gasteiger partial charge in [-0.1, -0.05) is 53.3 Å². The Hall–Kier alpha value is -2.81. The average Bonchev–Trinajstić information content (AvgIpc) is 3.03. The molecule has 0 aliphatic rings. The van der Waals surface area contributed by atoms with Crippen molar-refractivity contribution >= 4 is 48.9 Å². The summed E-state index contributed by atoms with van der Waals surface area (Å²) in [7, 11) is -2.47. The zero-order chi connectivity index (χ0) is 21.3. The molecule has 0 aliphatic carbocycles. The number of hydrogen-bond donors (Lipinski definition) is 1. The molecule has 0 amide bonds. The summed E-state index contributed by atoms with van der Waals surface area (Å²) in [5.41, 5.74) is 1.92. The second kappa shape index (κ2) is 8.14. The molecule has 30 heavy (non-hydrogen) atoms. The quantitative estimate of drug-likeness (QED) is 0.457. The van der Waals surface area contributed by atoms with Gasteiger partial charge in [0.2, 0.25) is 0 Å². The maximum atomic E-state index is 12.9. The highest BCUT2D eigenvalue weighted by molar-refractivity contribution is 7.92. The van der Waals surface area contributed by atoms with Gasteiger partial charge in [0.15, 0.2) is 0 Å². The molecule has 0 atom stereocenters. The Kier molecular flexibility index (Phi) is 5.55. The van der Waals surface area contributed by atoms with E-state index in [1.54, 1.807) is 22.8 Å². The summed E-state index contributed by atoms with van der Waals surface area (Å²) in [6.45, 7) is 0.420. The second-order valence-electron chi connectivity index (χ2n) is 6.52. The normalized spacial score (nSPS) is 11.5. The summed E-state index contributed by atoms with van der Waals surface area (Å²) in [6.07, 6.45) is 0. The molecule has 154 valence electrons. The first-order valence-electron chi connectivity index (χ1n) is 8.91. The predicted molar refractivity (Wildman–Crippen MR) is 120 cm³/mol. The molecule has 4 rings (SSSR count). The fourth-order valence-corrected chi connectivity index (χ4v) is 5.36. The topological polar surface area (TPSA) is 77.4 Å². The Morgan fingerprint density at radius 2 is 1.83 bits per heavy atom. The lowest BCUT2D eigenvalue weighted by Crippen LogP contribution is -2.14. The van der Waals surface area contributed by atoms with Crippen LogP contribution in [0.4, 0.5) is 5.69 Å². The molecule has 1 N–H and O–H groups in total. The molecule has 0 saturated carbocycles. The number of nitrogens with zero attached hydrogens (tertiary/aromatic N) is 1. The zero-order valence-electron chi connectivity index (χ0n) is 15.8. The molecule has 0 saturated heterocycles. The van der Waals surface area contributed by atoms with Crippen LogP contribution in [-0.4, -0.2) is 20.1 Å². The molecular formula is C21H17ClN2O4S2. The van der Waals surface area contributed by atoms with E-state index < -0.39 is 10.0 Å². The lowest BCUT2D eigenvalue weighted by molar-refractivity contribution is 0.417. The molecule has 3 aromatic carbocycles. The van der Waals surface area contributed by atoms with Crippen molar-refractivity contribution in [1.82, 2.24) is 4.57 Å². The first-order valence-corrected chi connectivity index (χ1v) is 11.6. The van der Waals surface area contributed by atoms with Crippen molar-refractivity contribution in [2.75, 3.05) is 11.8 Å². The van der Waals surface area contributed by atoms with Gasteiger partial charge in [-0.15, -0.1) is 0 Å². The molecule has 0 unspecified atom stereocenters. The maximum absolute atomic E-state index is 12.9. The Morgan fingerprint density at radius 1 is 1.07 bits per heavy atom. The number of thiazole rings is 1. The van der Waals surface area contributed by atoms with E-state index in [-0.39, 0.29) is 15.5 Å². The maximum Gasteiger partial charge on any atom is 0.308 e. The monoisotopic (exact) mass is 460 g/mol. The summed E-state index contributed by atoms with van der Waals surface area (Å²) in [5.74, 6) is 0.350. The van der Waals surface area contributed by atoms with E-state index in [2.05, 4.69) is 4.72 Å². The Morgan fingerprint density at radius 3 is 2.57 bits per heavy atom. The van der Waals surface area contributed by atoms with Crippen molar-refractivity contribution in [1.29, 1.82) is 0 Å². The van der Waals surface area contributed by atoms with Crippen LogP contribution in [0.25, 0.3) is 10.2 Å². The third-order valence-electron chi connectivity index (χ3n) is 4.54. The molecule has 0 spiro atoms. The van der Waals surface area contributed by atoms with Crippen LogP contribution in [0.2, 0.25) is 5.02 Å². The Balaban J connectivity index is 1.70. The SMILES string of the molecule is COc1ccc(Cl)cc1NS(=O)(=O)c1ccc2c(c1)sc(=O)n2Cc1ccccc1. The van der Waals surface area contributed by atoms with Crippen molar-refractivity contribution in [2.45, 2.75) is 11.4 Å². The molecular weight excluding hydrogens is 444 g/mol. The van der Waals surface area contributed by atoms with Gasteiger partial charge in [-0.05, 0) is 42.0 Å². The van der Waals surface area contributed by atoms with E-state index in [9.17, 15) is 13.2 Å². The van der Waals surface area contributed by atoms with Gasteiger partial charge in [0.05, 0.1) is 34.5 Å².